The molecule has 1 unspecified atom stereocenters. The van der Waals surface area contributed by atoms with Crippen LogP contribution in [0.15, 0.2) is 29.6 Å². The Bertz CT molecular complexity index is 767. The maximum absolute atomic E-state index is 13.4. The van der Waals surface area contributed by atoms with Gasteiger partial charge in [0.05, 0.1) is 12.2 Å². The van der Waals surface area contributed by atoms with Gasteiger partial charge in [0.2, 0.25) is 5.91 Å². The lowest BCUT2D eigenvalue weighted by atomic mass is 9.87. The molecule has 2 aliphatic rings. The lowest BCUT2D eigenvalue weighted by molar-refractivity contribution is -0.131. The number of rotatable bonds is 4. The normalized spacial score (nSPS) is 26.4. The number of nitrogens with zero attached hydrogens (tertiary/aromatic N) is 4. The van der Waals surface area contributed by atoms with E-state index in [2.05, 4.69) is 21.4 Å². The van der Waals surface area contributed by atoms with Gasteiger partial charge in [-0.2, -0.15) is 0 Å². The van der Waals surface area contributed by atoms with Gasteiger partial charge in [-0.25, -0.2) is 4.39 Å². The van der Waals surface area contributed by atoms with Crippen molar-refractivity contribution < 1.29 is 9.18 Å². The third-order valence-corrected chi connectivity index (χ3v) is 6.35. The van der Waals surface area contributed by atoms with E-state index in [1.807, 2.05) is 22.4 Å². The summed E-state index contributed by atoms with van der Waals surface area (Å²) in [6.45, 7) is 6.04. The zero-order chi connectivity index (χ0) is 18.8. The number of amides is 1. The Labute approximate surface area is 163 Å². The quantitative estimate of drug-likeness (QED) is 0.808. The molecule has 1 aromatic heterocycles. The number of hydrogen-bond donors (Lipinski definition) is 0. The maximum atomic E-state index is 13.4. The molecule has 0 aliphatic carbocycles. The van der Waals surface area contributed by atoms with Crippen LogP contribution in [0.25, 0.3) is 0 Å². The van der Waals surface area contributed by atoms with E-state index in [4.69, 9.17) is 0 Å². The van der Waals surface area contributed by atoms with Crippen LogP contribution in [0.1, 0.15) is 42.9 Å². The standard InChI is InChI=1S/C20H25FN4OS/c1-14-3-2-8-24(9-14)12-20(26)25-10-17(15-4-6-16(21)7-5-15)18(11-25)19-13-27-23-22-19/h4-7,13-14,17-18H,2-3,8-12H2,1H3/t14?,17-,18+/m0/s1. The molecule has 5 nitrogen and oxygen atoms in total. The summed E-state index contributed by atoms with van der Waals surface area (Å²) in [6, 6.07) is 6.64. The second kappa shape index (κ2) is 8.02. The van der Waals surface area contributed by atoms with E-state index in [0.717, 1.165) is 24.3 Å². The molecule has 1 amide bonds. The molecule has 2 saturated heterocycles. The fourth-order valence-electron chi connectivity index (χ4n) is 4.41. The molecule has 4 rings (SSSR count). The Morgan fingerprint density at radius 3 is 2.70 bits per heavy atom. The van der Waals surface area contributed by atoms with Crippen molar-refractivity contribution in [3.63, 3.8) is 0 Å². The molecule has 7 heteroatoms. The molecule has 2 aromatic rings. The van der Waals surface area contributed by atoms with E-state index < -0.39 is 0 Å². The van der Waals surface area contributed by atoms with Crippen LogP contribution < -0.4 is 0 Å². The van der Waals surface area contributed by atoms with Crippen molar-refractivity contribution >= 4 is 17.4 Å². The number of benzene rings is 1. The Balaban J connectivity index is 1.49. The molecule has 3 atom stereocenters. The fourth-order valence-corrected chi connectivity index (χ4v) is 4.93. The van der Waals surface area contributed by atoms with Crippen LogP contribution in [0.2, 0.25) is 0 Å². The molecule has 0 bridgehead atoms. The van der Waals surface area contributed by atoms with Crippen LogP contribution in [0, 0.1) is 11.7 Å². The molecule has 2 aliphatic heterocycles. The SMILES string of the molecule is CC1CCCN(CC(=O)N2C[C@@H](c3ccc(F)cc3)[C@H](c3csnn3)C2)C1. The van der Waals surface area contributed by atoms with Crippen molar-refractivity contribution in [3.8, 4) is 0 Å². The molecule has 3 heterocycles. The first kappa shape index (κ1) is 18.5. The molecule has 0 N–H and O–H groups in total. The smallest absolute Gasteiger partial charge is 0.236 e. The topological polar surface area (TPSA) is 49.3 Å². The Kier molecular flexibility index (Phi) is 5.50. The maximum Gasteiger partial charge on any atom is 0.236 e. The monoisotopic (exact) mass is 388 g/mol. The third-order valence-electron chi connectivity index (χ3n) is 5.83. The van der Waals surface area contributed by atoms with Crippen LogP contribution in [-0.2, 0) is 4.79 Å². The minimum Gasteiger partial charge on any atom is -0.340 e. The van der Waals surface area contributed by atoms with Gasteiger partial charge in [-0.05, 0) is 54.5 Å². The molecule has 0 radical (unpaired) electrons. The summed E-state index contributed by atoms with van der Waals surface area (Å²) >= 11 is 1.33. The van der Waals surface area contributed by atoms with Gasteiger partial charge in [0, 0.05) is 36.9 Å². The predicted octanol–water partition coefficient (Wildman–Crippen LogP) is 3.12. The zero-order valence-corrected chi connectivity index (χ0v) is 16.4. The summed E-state index contributed by atoms with van der Waals surface area (Å²) in [6.07, 6.45) is 2.42. The lowest BCUT2D eigenvalue weighted by Gasteiger charge is -2.31. The highest BCUT2D eigenvalue weighted by molar-refractivity contribution is 7.03. The number of piperidine rings is 1. The van der Waals surface area contributed by atoms with Crippen molar-refractivity contribution in [2.75, 3.05) is 32.7 Å². The number of likely N-dealkylation sites (tertiary alicyclic amines) is 2. The molecular weight excluding hydrogens is 363 g/mol. The average molecular weight is 389 g/mol. The third kappa shape index (κ3) is 4.19. The lowest BCUT2D eigenvalue weighted by Crippen LogP contribution is -2.43. The van der Waals surface area contributed by atoms with Crippen LogP contribution in [0.4, 0.5) is 4.39 Å². The summed E-state index contributed by atoms with van der Waals surface area (Å²) in [7, 11) is 0. The Morgan fingerprint density at radius 1 is 1.22 bits per heavy atom. The molecule has 144 valence electrons. The number of hydrogen-bond acceptors (Lipinski definition) is 5. The highest BCUT2D eigenvalue weighted by Gasteiger charge is 2.38. The van der Waals surface area contributed by atoms with E-state index in [1.54, 1.807) is 0 Å². The van der Waals surface area contributed by atoms with Crippen LogP contribution in [0.5, 0.6) is 0 Å². The summed E-state index contributed by atoms with van der Waals surface area (Å²) in [5.74, 6) is 0.834. The van der Waals surface area contributed by atoms with E-state index in [9.17, 15) is 9.18 Å². The van der Waals surface area contributed by atoms with Gasteiger partial charge in [0.25, 0.3) is 0 Å². The van der Waals surface area contributed by atoms with Crippen molar-refractivity contribution in [1.82, 2.24) is 19.4 Å². The van der Waals surface area contributed by atoms with E-state index in [-0.39, 0.29) is 23.6 Å². The van der Waals surface area contributed by atoms with E-state index in [1.165, 1.54) is 36.5 Å². The number of aromatic nitrogens is 2. The van der Waals surface area contributed by atoms with Gasteiger partial charge < -0.3 is 4.90 Å². The van der Waals surface area contributed by atoms with Gasteiger partial charge >= 0.3 is 0 Å². The van der Waals surface area contributed by atoms with E-state index >= 15 is 0 Å². The largest absolute Gasteiger partial charge is 0.340 e. The zero-order valence-electron chi connectivity index (χ0n) is 15.6. The molecule has 0 saturated carbocycles. The summed E-state index contributed by atoms with van der Waals surface area (Å²) in [5, 5.41) is 6.22. The minimum atomic E-state index is -0.240. The van der Waals surface area contributed by atoms with Crippen molar-refractivity contribution in [1.29, 1.82) is 0 Å². The van der Waals surface area contributed by atoms with Crippen molar-refractivity contribution in [2.45, 2.75) is 31.6 Å². The minimum absolute atomic E-state index is 0.110. The first-order chi connectivity index (χ1) is 13.1. The number of carbonyl (C=O) groups is 1. The first-order valence-corrected chi connectivity index (χ1v) is 10.5. The van der Waals surface area contributed by atoms with Gasteiger partial charge in [0.15, 0.2) is 0 Å². The van der Waals surface area contributed by atoms with Gasteiger partial charge in [0.1, 0.15) is 5.82 Å². The number of carbonyl (C=O) groups excluding carboxylic acids is 1. The Morgan fingerprint density at radius 2 is 2.00 bits per heavy atom. The van der Waals surface area contributed by atoms with Crippen LogP contribution in [-0.4, -0.2) is 58.0 Å². The molecule has 1 aromatic carbocycles. The summed E-state index contributed by atoms with van der Waals surface area (Å²) in [5.41, 5.74) is 1.98. The van der Waals surface area contributed by atoms with E-state index in [0.29, 0.717) is 25.6 Å². The fraction of sp³-hybridized carbons (Fsp3) is 0.550. The molecule has 27 heavy (non-hydrogen) atoms. The van der Waals surface area contributed by atoms with Crippen molar-refractivity contribution in [3.05, 3.63) is 46.7 Å². The van der Waals surface area contributed by atoms with Crippen molar-refractivity contribution in [2.24, 2.45) is 5.92 Å². The molecular formula is C20H25FN4OS. The second-order valence-corrected chi connectivity index (χ2v) is 8.49. The summed E-state index contributed by atoms with van der Waals surface area (Å²) in [4.78, 5) is 17.2. The average Bonchev–Trinajstić information content (AvgIpc) is 3.32. The summed E-state index contributed by atoms with van der Waals surface area (Å²) < 4.78 is 17.4. The molecule has 0 spiro atoms. The first-order valence-electron chi connectivity index (χ1n) is 9.62. The highest BCUT2D eigenvalue weighted by atomic mass is 32.1. The second-order valence-electron chi connectivity index (χ2n) is 7.88. The highest BCUT2D eigenvalue weighted by Crippen LogP contribution is 2.39. The van der Waals surface area contributed by atoms with Crippen LogP contribution in [0.3, 0.4) is 0 Å². The van der Waals surface area contributed by atoms with Gasteiger partial charge in [-0.3, -0.25) is 9.69 Å². The van der Waals surface area contributed by atoms with Gasteiger partial charge in [-0.15, -0.1) is 5.10 Å². The number of halogens is 1. The van der Waals surface area contributed by atoms with Crippen LogP contribution >= 0.6 is 11.5 Å². The Hall–Kier alpha value is -1.86. The molecule has 2 fully saturated rings. The van der Waals surface area contributed by atoms with Gasteiger partial charge in [-0.1, -0.05) is 23.5 Å². The predicted molar refractivity (Wildman–Crippen MR) is 103 cm³/mol.